The van der Waals surface area contributed by atoms with Crippen LogP contribution in [0.1, 0.15) is 35.4 Å². The molecule has 1 N–H and O–H groups in total. The molecule has 24 heavy (non-hydrogen) atoms. The molecule has 7 heteroatoms. The van der Waals surface area contributed by atoms with Gasteiger partial charge in [0.15, 0.2) is 5.78 Å². The van der Waals surface area contributed by atoms with Gasteiger partial charge >= 0.3 is 0 Å². The first kappa shape index (κ1) is 16.9. The molecule has 0 saturated carbocycles. The Labute approximate surface area is 149 Å². The van der Waals surface area contributed by atoms with Crippen molar-refractivity contribution in [2.24, 2.45) is 0 Å². The third-order valence-electron chi connectivity index (χ3n) is 3.89. The van der Waals surface area contributed by atoms with Crippen LogP contribution in [0.5, 0.6) is 0 Å². The molecule has 2 aromatic rings. The van der Waals surface area contributed by atoms with Crippen LogP contribution in [-0.4, -0.2) is 29.8 Å². The van der Waals surface area contributed by atoms with Crippen molar-refractivity contribution < 1.29 is 9.59 Å². The molecule has 0 radical (unpaired) electrons. The minimum atomic E-state index is -0.193. The minimum absolute atomic E-state index is 0.0652. The molecule has 1 aliphatic heterocycles. The summed E-state index contributed by atoms with van der Waals surface area (Å²) in [5, 5.41) is 2.78. The fraction of sp³-hybridized carbons (Fsp3) is 0.353. The van der Waals surface area contributed by atoms with Gasteiger partial charge < -0.3 is 10.2 Å². The number of carbonyl (C=O) groups excluding carboxylic acids is 2. The molecule has 1 aliphatic rings. The first-order valence-corrected chi connectivity index (χ1v) is 9.10. The molecule has 0 aliphatic carbocycles. The number of nitrogens with zero attached hydrogens (tertiary/aromatic N) is 2. The number of nitrogens with one attached hydrogen (secondary N) is 1. The van der Waals surface area contributed by atoms with Crippen molar-refractivity contribution in [3.8, 4) is 0 Å². The molecule has 1 saturated heterocycles. The number of halogens is 1. The zero-order valence-corrected chi connectivity index (χ0v) is 14.7. The highest BCUT2D eigenvalue weighted by Gasteiger charge is 2.14. The van der Waals surface area contributed by atoms with E-state index in [9.17, 15) is 9.59 Å². The normalized spacial score (nSPS) is 14.0. The Hall–Kier alpha value is -1.92. The molecule has 3 heterocycles. The zero-order chi connectivity index (χ0) is 16.9. The average molecular weight is 364 g/mol. The van der Waals surface area contributed by atoms with Gasteiger partial charge in [0, 0.05) is 25.9 Å². The van der Waals surface area contributed by atoms with Gasteiger partial charge in [0.25, 0.3) is 0 Å². The van der Waals surface area contributed by atoms with Crippen LogP contribution in [0.3, 0.4) is 0 Å². The fourth-order valence-electron chi connectivity index (χ4n) is 2.63. The van der Waals surface area contributed by atoms with Crippen molar-refractivity contribution in [3.05, 3.63) is 39.7 Å². The van der Waals surface area contributed by atoms with Crippen molar-refractivity contribution in [2.75, 3.05) is 23.3 Å². The summed E-state index contributed by atoms with van der Waals surface area (Å²) < 4.78 is 0.576. The molecule has 0 atom stereocenters. The van der Waals surface area contributed by atoms with Gasteiger partial charge in [-0.25, -0.2) is 4.98 Å². The SMILES string of the molecule is O=C(CCC(=O)c1ccc(Cl)s1)Nc1ccc(N2CCCC2)nc1. The van der Waals surface area contributed by atoms with E-state index < -0.39 is 0 Å². The molecule has 0 bridgehead atoms. The number of anilines is 2. The van der Waals surface area contributed by atoms with Crippen molar-refractivity contribution in [1.82, 2.24) is 4.98 Å². The summed E-state index contributed by atoms with van der Waals surface area (Å²) in [4.78, 5) is 31.1. The molecule has 2 aromatic heterocycles. The molecule has 5 nitrogen and oxygen atoms in total. The third-order valence-corrected chi connectivity index (χ3v) is 5.16. The van der Waals surface area contributed by atoms with Crippen LogP contribution in [0.2, 0.25) is 4.34 Å². The molecule has 0 spiro atoms. The van der Waals surface area contributed by atoms with Gasteiger partial charge in [-0.05, 0) is 37.1 Å². The Morgan fingerprint density at radius 1 is 1.17 bits per heavy atom. The van der Waals surface area contributed by atoms with Gasteiger partial charge in [-0.1, -0.05) is 11.6 Å². The number of pyridine rings is 1. The second-order valence-corrected chi connectivity index (χ2v) is 7.39. The smallest absolute Gasteiger partial charge is 0.224 e. The maximum atomic E-state index is 12.0. The third kappa shape index (κ3) is 4.33. The number of aromatic nitrogens is 1. The number of carbonyl (C=O) groups is 2. The molecule has 3 rings (SSSR count). The topological polar surface area (TPSA) is 62.3 Å². The quantitative estimate of drug-likeness (QED) is 0.788. The monoisotopic (exact) mass is 363 g/mol. The summed E-state index contributed by atoms with van der Waals surface area (Å²) in [6.45, 7) is 2.07. The maximum Gasteiger partial charge on any atom is 0.224 e. The van der Waals surface area contributed by atoms with Crippen molar-refractivity contribution in [1.29, 1.82) is 0 Å². The Morgan fingerprint density at radius 2 is 1.96 bits per heavy atom. The second-order valence-electron chi connectivity index (χ2n) is 5.67. The Morgan fingerprint density at radius 3 is 2.58 bits per heavy atom. The highest BCUT2D eigenvalue weighted by molar-refractivity contribution is 7.18. The van der Waals surface area contributed by atoms with E-state index in [1.165, 1.54) is 24.2 Å². The summed E-state index contributed by atoms with van der Waals surface area (Å²) in [6.07, 6.45) is 4.36. The second kappa shape index (κ2) is 7.77. The first-order valence-electron chi connectivity index (χ1n) is 7.91. The van der Waals surface area contributed by atoms with Crippen LogP contribution in [0, 0.1) is 0 Å². The van der Waals surface area contributed by atoms with Gasteiger partial charge in [0.1, 0.15) is 5.82 Å². The summed E-state index contributed by atoms with van der Waals surface area (Å²) in [6, 6.07) is 7.14. The number of hydrogen-bond acceptors (Lipinski definition) is 5. The van der Waals surface area contributed by atoms with Crippen molar-refractivity contribution in [3.63, 3.8) is 0 Å². The Kier molecular flexibility index (Phi) is 5.48. The van der Waals surface area contributed by atoms with Gasteiger partial charge in [-0.2, -0.15) is 0 Å². The molecule has 0 aromatic carbocycles. The summed E-state index contributed by atoms with van der Waals surface area (Å²) in [7, 11) is 0. The van der Waals surface area contributed by atoms with Crippen LogP contribution in [0.25, 0.3) is 0 Å². The molecule has 126 valence electrons. The van der Waals surface area contributed by atoms with E-state index in [-0.39, 0.29) is 24.5 Å². The Bertz CT molecular complexity index is 724. The summed E-state index contributed by atoms with van der Waals surface area (Å²) in [5.41, 5.74) is 0.648. The standard InChI is InChI=1S/C17H18ClN3O2S/c18-15-6-5-14(24-15)13(22)4-8-17(23)20-12-3-7-16(19-11-12)21-9-1-2-10-21/h3,5-7,11H,1-2,4,8-10H2,(H,20,23). The van der Waals surface area contributed by atoms with E-state index in [1.54, 1.807) is 18.3 Å². The Balaban J connectivity index is 1.48. The fourth-order valence-corrected chi connectivity index (χ4v) is 3.64. The van der Waals surface area contributed by atoms with Crippen molar-refractivity contribution in [2.45, 2.75) is 25.7 Å². The highest BCUT2D eigenvalue weighted by Crippen LogP contribution is 2.23. The predicted octanol–water partition coefficient (Wildman–Crippen LogP) is 4.00. The van der Waals surface area contributed by atoms with Gasteiger partial charge in [0.2, 0.25) is 5.91 Å². The lowest BCUT2D eigenvalue weighted by molar-refractivity contribution is -0.116. The van der Waals surface area contributed by atoms with Gasteiger partial charge in [-0.15, -0.1) is 11.3 Å². The molecular formula is C17H18ClN3O2S. The number of amides is 1. The van der Waals surface area contributed by atoms with Crippen LogP contribution >= 0.6 is 22.9 Å². The summed E-state index contributed by atoms with van der Waals surface area (Å²) >= 11 is 7.05. The highest BCUT2D eigenvalue weighted by atomic mass is 35.5. The summed E-state index contributed by atoms with van der Waals surface area (Å²) in [5.74, 6) is 0.682. The molecule has 0 unspecified atom stereocenters. The maximum absolute atomic E-state index is 12.0. The van der Waals surface area contributed by atoms with E-state index in [0.29, 0.717) is 14.9 Å². The lowest BCUT2D eigenvalue weighted by atomic mass is 10.2. The predicted molar refractivity (Wildman–Crippen MR) is 97.2 cm³/mol. The molecular weight excluding hydrogens is 346 g/mol. The number of rotatable bonds is 6. The van der Waals surface area contributed by atoms with E-state index in [0.717, 1.165) is 18.9 Å². The van der Waals surface area contributed by atoms with Crippen molar-refractivity contribution >= 4 is 46.1 Å². The van der Waals surface area contributed by atoms with Crippen LogP contribution < -0.4 is 10.2 Å². The first-order chi connectivity index (χ1) is 11.6. The lowest BCUT2D eigenvalue weighted by Crippen LogP contribution is -2.19. The number of hydrogen-bond donors (Lipinski definition) is 1. The van der Waals surface area contributed by atoms with E-state index in [2.05, 4.69) is 15.2 Å². The van der Waals surface area contributed by atoms with E-state index in [4.69, 9.17) is 11.6 Å². The number of thiophene rings is 1. The van der Waals surface area contributed by atoms with E-state index >= 15 is 0 Å². The van der Waals surface area contributed by atoms with Crippen LogP contribution in [0.15, 0.2) is 30.5 Å². The average Bonchev–Trinajstić information content (AvgIpc) is 3.25. The number of ketones is 1. The van der Waals surface area contributed by atoms with Gasteiger partial charge in [0.05, 0.1) is 21.1 Å². The van der Waals surface area contributed by atoms with Crippen LogP contribution in [0.4, 0.5) is 11.5 Å². The molecule has 1 amide bonds. The number of Topliss-reactive ketones (excluding diaryl/α,β-unsaturated/α-hetero) is 1. The zero-order valence-electron chi connectivity index (χ0n) is 13.1. The van der Waals surface area contributed by atoms with Gasteiger partial charge in [-0.3, -0.25) is 9.59 Å². The van der Waals surface area contributed by atoms with Crippen LogP contribution in [-0.2, 0) is 4.79 Å². The lowest BCUT2D eigenvalue weighted by Gasteiger charge is -2.16. The minimum Gasteiger partial charge on any atom is -0.357 e. The molecule has 1 fully saturated rings. The van der Waals surface area contributed by atoms with E-state index in [1.807, 2.05) is 12.1 Å². The largest absolute Gasteiger partial charge is 0.357 e.